The highest BCUT2D eigenvalue weighted by Gasteiger charge is 2.14. The molecule has 0 bridgehead atoms. The van der Waals surface area contributed by atoms with Gasteiger partial charge in [-0.15, -0.1) is 0 Å². The van der Waals surface area contributed by atoms with Crippen molar-refractivity contribution >= 4 is 17.6 Å². The van der Waals surface area contributed by atoms with Crippen molar-refractivity contribution in [3.63, 3.8) is 0 Å². The lowest BCUT2D eigenvalue weighted by Crippen LogP contribution is -2.21. The standard InChI is InChI=1S/C15H17N3O2/c1-2-3-11-18(12-7-5-4-6-8-12)15-16-10-9-13(17-15)14(19)20/h4-10H,2-3,11H2,1H3,(H,19,20). The number of anilines is 2. The van der Waals surface area contributed by atoms with E-state index in [9.17, 15) is 4.79 Å². The van der Waals surface area contributed by atoms with E-state index < -0.39 is 5.97 Å². The molecule has 1 N–H and O–H groups in total. The van der Waals surface area contributed by atoms with Gasteiger partial charge >= 0.3 is 5.97 Å². The maximum atomic E-state index is 11.0. The molecule has 5 heteroatoms. The van der Waals surface area contributed by atoms with Crippen LogP contribution in [0.4, 0.5) is 11.6 Å². The molecule has 20 heavy (non-hydrogen) atoms. The molecule has 5 nitrogen and oxygen atoms in total. The Hall–Kier alpha value is -2.43. The highest BCUT2D eigenvalue weighted by Crippen LogP contribution is 2.22. The lowest BCUT2D eigenvalue weighted by atomic mass is 10.2. The van der Waals surface area contributed by atoms with E-state index in [1.165, 1.54) is 12.3 Å². The van der Waals surface area contributed by atoms with Crippen LogP contribution >= 0.6 is 0 Å². The molecule has 0 unspecified atom stereocenters. The summed E-state index contributed by atoms with van der Waals surface area (Å²) in [7, 11) is 0. The predicted molar refractivity (Wildman–Crippen MR) is 77.3 cm³/mol. The Morgan fingerprint density at radius 3 is 2.65 bits per heavy atom. The Kier molecular flexibility index (Phi) is 4.65. The summed E-state index contributed by atoms with van der Waals surface area (Å²) in [5, 5.41) is 9.03. The fourth-order valence-electron chi connectivity index (χ4n) is 1.87. The third-order valence-corrected chi connectivity index (χ3v) is 2.91. The Morgan fingerprint density at radius 1 is 1.25 bits per heavy atom. The van der Waals surface area contributed by atoms with Crippen molar-refractivity contribution in [1.29, 1.82) is 0 Å². The summed E-state index contributed by atoms with van der Waals surface area (Å²) in [6, 6.07) is 11.1. The normalized spacial score (nSPS) is 10.2. The largest absolute Gasteiger partial charge is 0.477 e. The van der Waals surface area contributed by atoms with Crippen LogP contribution in [0.1, 0.15) is 30.3 Å². The summed E-state index contributed by atoms with van der Waals surface area (Å²) in [6.07, 6.45) is 3.51. The molecule has 0 amide bonds. The SMILES string of the molecule is CCCCN(c1ccccc1)c1nccc(C(=O)O)n1. The fourth-order valence-corrected chi connectivity index (χ4v) is 1.87. The summed E-state index contributed by atoms with van der Waals surface area (Å²) in [5.74, 6) is -0.623. The van der Waals surface area contributed by atoms with Crippen molar-refractivity contribution in [3.8, 4) is 0 Å². The molecule has 0 aliphatic heterocycles. The van der Waals surface area contributed by atoms with Gasteiger partial charge in [0.2, 0.25) is 5.95 Å². The molecular formula is C15H17N3O2. The predicted octanol–water partition coefficient (Wildman–Crippen LogP) is 3.11. The first-order chi connectivity index (χ1) is 9.72. The van der Waals surface area contributed by atoms with Crippen LogP contribution in [0.25, 0.3) is 0 Å². The molecule has 0 spiro atoms. The average molecular weight is 271 g/mol. The van der Waals surface area contributed by atoms with Gasteiger partial charge in [0.1, 0.15) is 0 Å². The van der Waals surface area contributed by atoms with E-state index in [-0.39, 0.29) is 5.69 Å². The maximum Gasteiger partial charge on any atom is 0.354 e. The first kappa shape index (κ1) is 14.0. The van der Waals surface area contributed by atoms with Gasteiger partial charge in [0.05, 0.1) is 0 Å². The highest BCUT2D eigenvalue weighted by molar-refractivity contribution is 5.85. The molecule has 0 saturated carbocycles. The molecule has 2 aromatic rings. The summed E-state index contributed by atoms with van der Waals surface area (Å²) < 4.78 is 0. The molecule has 0 saturated heterocycles. The van der Waals surface area contributed by atoms with E-state index in [1.807, 2.05) is 35.2 Å². The maximum absolute atomic E-state index is 11.0. The number of aromatic nitrogens is 2. The van der Waals surface area contributed by atoms with Gasteiger partial charge in [-0.3, -0.25) is 0 Å². The van der Waals surface area contributed by atoms with Crippen LogP contribution in [-0.4, -0.2) is 27.6 Å². The van der Waals surface area contributed by atoms with E-state index >= 15 is 0 Å². The number of carboxylic acids is 1. The molecule has 0 radical (unpaired) electrons. The molecule has 0 atom stereocenters. The van der Waals surface area contributed by atoms with E-state index in [0.717, 1.165) is 25.1 Å². The number of para-hydroxylation sites is 1. The second-order valence-electron chi connectivity index (χ2n) is 4.39. The summed E-state index contributed by atoms with van der Waals surface area (Å²) in [6.45, 7) is 2.86. The number of carboxylic acid groups (broad SMARTS) is 1. The van der Waals surface area contributed by atoms with Crippen molar-refractivity contribution < 1.29 is 9.90 Å². The minimum Gasteiger partial charge on any atom is -0.477 e. The summed E-state index contributed by atoms with van der Waals surface area (Å²) in [4.78, 5) is 21.3. The van der Waals surface area contributed by atoms with Gasteiger partial charge in [0.15, 0.2) is 5.69 Å². The van der Waals surface area contributed by atoms with Gasteiger partial charge < -0.3 is 10.0 Å². The minimum absolute atomic E-state index is 0.00688. The number of benzene rings is 1. The van der Waals surface area contributed by atoms with Crippen molar-refractivity contribution in [3.05, 3.63) is 48.3 Å². The number of hydrogen-bond acceptors (Lipinski definition) is 4. The number of nitrogens with zero attached hydrogens (tertiary/aromatic N) is 3. The minimum atomic E-state index is -1.04. The molecule has 1 heterocycles. The Bertz CT molecular complexity index is 572. The highest BCUT2D eigenvalue weighted by atomic mass is 16.4. The number of carbonyl (C=O) groups is 1. The van der Waals surface area contributed by atoms with Gasteiger partial charge in [-0.05, 0) is 24.6 Å². The van der Waals surface area contributed by atoms with Crippen LogP contribution in [0, 0.1) is 0 Å². The van der Waals surface area contributed by atoms with Gasteiger partial charge in [0.25, 0.3) is 0 Å². The van der Waals surface area contributed by atoms with E-state index in [1.54, 1.807) is 0 Å². The van der Waals surface area contributed by atoms with Crippen molar-refractivity contribution in [2.45, 2.75) is 19.8 Å². The number of unbranched alkanes of at least 4 members (excludes halogenated alkanes) is 1. The molecule has 0 aliphatic carbocycles. The average Bonchev–Trinajstić information content (AvgIpc) is 2.49. The van der Waals surface area contributed by atoms with Crippen molar-refractivity contribution in [1.82, 2.24) is 9.97 Å². The smallest absolute Gasteiger partial charge is 0.354 e. The molecule has 104 valence electrons. The van der Waals surface area contributed by atoms with Crippen molar-refractivity contribution in [2.75, 3.05) is 11.4 Å². The zero-order valence-corrected chi connectivity index (χ0v) is 11.4. The third-order valence-electron chi connectivity index (χ3n) is 2.91. The third kappa shape index (κ3) is 3.32. The molecule has 0 aliphatic rings. The van der Waals surface area contributed by atoms with E-state index in [2.05, 4.69) is 16.9 Å². The van der Waals surface area contributed by atoms with E-state index in [4.69, 9.17) is 5.11 Å². The number of rotatable bonds is 6. The van der Waals surface area contributed by atoms with Crippen LogP contribution in [-0.2, 0) is 0 Å². The summed E-state index contributed by atoms with van der Waals surface area (Å²) >= 11 is 0. The van der Waals surface area contributed by atoms with Crippen LogP contribution in [0.15, 0.2) is 42.6 Å². The summed E-state index contributed by atoms with van der Waals surface area (Å²) in [5.41, 5.74) is 0.968. The fraction of sp³-hybridized carbons (Fsp3) is 0.267. The Morgan fingerprint density at radius 2 is 2.00 bits per heavy atom. The number of aromatic carboxylic acids is 1. The second kappa shape index (κ2) is 6.65. The van der Waals surface area contributed by atoms with Crippen LogP contribution in [0.5, 0.6) is 0 Å². The van der Waals surface area contributed by atoms with Gasteiger partial charge in [-0.2, -0.15) is 0 Å². The van der Waals surface area contributed by atoms with Gasteiger partial charge in [-0.25, -0.2) is 14.8 Å². The van der Waals surface area contributed by atoms with Gasteiger partial charge in [0, 0.05) is 18.4 Å². The quantitative estimate of drug-likeness (QED) is 0.874. The topological polar surface area (TPSA) is 66.3 Å². The second-order valence-corrected chi connectivity index (χ2v) is 4.39. The zero-order valence-electron chi connectivity index (χ0n) is 11.4. The Labute approximate surface area is 117 Å². The lowest BCUT2D eigenvalue weighted by molar-refractivity contribution is 0.0690. The monoisotopic (exact) mass is 271 g/mol. The molecule has 2 rings (SSSR count). The molecule has 1 aromatic carbocycles. The zero-order chi connectivity index (χ0) is 14.4. The first-order valence-electron chi connectivity index (χ1n) is 6.61. The molecular weight excluding hydrogens is 254 g/mol. The first-order valence-corrected chi connectivity index (χ1v) is 6.61. The molecule has 1 aromatic heterocycles. The van der Waals surface area contributed by atoms with Crippen LogP contribution in [0.2, 0.25) is 0 Å². The number of hydrogen-bond donors (Lipinski definition) is 1. The van der Waals surface area contributed by atoms with E-state index in [0.29, 0.717) is 5.95 Å². The Balaban J connectivity index is 2.36. The molecule has 0 fully saturated rings. The van der Waals surface area contributed by atoms with Crippen molar-refractivity contribution in [2.24, 2.45) is 0 Å². The lowest BCUT2D eigenvalue weighted by Gasteiger charge is -2.22. The van der Waals surface area contributed by atoms with Crippen LogP contribution in [0.3, 0.4) is 0 Å². The van der Waals surface area contributed by atoms with Crippen LogP contribution < -0.4 is 4.90 Å². The van der Waals surface area contributed by atoms with Gasteiger partial charge in [-0.1, -0.05) is 31.5 Å².